The van der Waals surface area contributed by atoms with E-state index in [9.17, 15) is 4.79 Å². The normalized spacial score (nSPS) is 14.0. The molecule has 0 saturated carbocycles. The Morgan fingerprint density at radius 1 is 1.21 bits per heavy atom. The van der Waals surface area contributed by atoms with Gasteiger partial charge in [0.1, 0.15) is 17.4 Å². The topological polar surface area (TPSA) is 97.8 Å². The van der Waals surface area contributed by atoms with E-state index in [1.165, 1.54) is 18.4 Å². The average Bonchev–Trinajstić information content (AvgIpc) is 3.31. The molecule has 0 spiro atoms. The molecule has 3 aromatic rings. The van der Waals surface area contributed by atoms with Crippen molar-refractivity contribution in [3.8, 4) is 5.75 Å². The number of rotatable bonds is 9. The van der Waals surface area contributed by atoms with E-state index in [2.05, 4.69) is 41.4 Å². The Balaban J connectivity index is 1.35. The zero-order valence-electron chi connectivity index (χ0n) is 18.0. The van der Waals surface area contributed by atoms with E-state index in [4.69, 9.17) is 14.2 Å². The van der Waals surface area contributed by atoms with Crippen molar-refractivity contribution in [3.63, 3.8) is 0 Å². The largest absolute Gasteiger partial charge is 0.492 e. The zero-order valence-corrected chi connectivity index (χ0v) is 20.4. The van der Waals surface area contributed by atoms with Gasteiger partial charge in [0, 0.05) is 31.5 Å². The molecule has 9 nitrogen and oxygen atoms in total. The van der Waals surface area contributed by atoms with Crippen LogP contribution in [0, 0.1) is 0 Å². The maximum Gasteiger partial charge on any atom is 0.340 e. The van der Waals surface area contributed by atoms with Crippen molar-refractivity contribution in [2.24, 2.45) is 0 Å². The second-order valence-corrected chi connectivity index (χ2v) is 8.89. The molecular formula is C22H24BrN5O4S. The van der Waals surface area contributed by atoms with Gasteiger partial charge in [0.2, 0.25) is 5.95 Å². The first-order valence-electron chi connectivity index (χ1n) is 10.4. The lowest BCUT2D eigenvalue weighted by molar-refractivity contribution is 0.0322. The lowest BCUT2D eigenvalue weighted by Crippen LogP contribution is -2.38. The number of thiophene rings is 1. The number of nitrogens with zero attached hydrogens (tertiary/aromatic N) is 3. The highest BCUT2D eigenvalue weighted by molar-refractivity contribution is 9.10. The molecule has 1 aliphatic rings. The van der Waals surface area contributed by atoms with E-state index in [0.29, 0.717) is 33.4 Å². The quantitative estimate of drug-likeness (QED) is 0.390. The van der Waals surface area contributed by atoms with Crippen molar-refractivity contribution >= 4 is 55.7 Å². The number of morpholine rings is 1. The molecule has 2 N–H and O–H groups in total. The van der Waals surface area contributed by atoms with Crippen molar-refractivity contribution in [2.45, 2.75) is 0 Å². The van der Waals surface area contributed by atoms with Gasteiger partial charge in [-0.25, -0.2) is 9.78 Å². The van der Waals surface area contributed by atoms with E-state index in [1.807, 2.05) is 29.6 Å². The molecule has 0 aliphatic carbocycles. The van der Waals surface area contributed by atoms with Crippen molar-refractivity contribution in [1.82, 2.24) is 14.9 Å². The highest BCUT2D eigenvalue weighted by Gasteiger charge is 2.15. The van der Waals surface area contributed by atoms with E-state index >= 15 is 0 Å². The lowest BCUT2D eigenvalue weighted by atomic mass is 10.3. The molecular weight excluding hydrogens is 510 g/mol. The van der Waals surface area contributed by atoms with Crippen LogP contribution in [0.3, 0.4) is 0 Å². The number of hydrogen-bond donors (Lipinski definition) is 2. The van der Waals surface area contributed by atoms with Gasteiger partial charge < -0.3 is 24.8 Å². The van der Waals surface area contributed by atoms with Gasteiger partial charge in [0.05, 0.1) is 30.4 Å². The number of carbonyl (C=O) groups excluding carboxylic acids is 1. The Kier molecular flexibility index (Phi) is 8.10. The number of esters is 1. The van der Waals surface area contributed by atoms with Crippen LogP contribution in [-0.4, -0.2) is 67.4 Å². The molecule has 3 heterocycles. The van der Waals surface area contributed by atoms with Crippen molar-refractivity contribution in [2.75, 3.05) is 57.2 Å². The van der Waals surface area contributed by atoms with Gasteiger partial charge in [-0.2, -0.15) is 4.98 Å². The number of aromatic nitrogens is 2. The highest BCUT2D eigenvalue weighted by Crippen LogP contribution is 2.31. The second kappa shape index (κ2) is 11.4. The molecule has 0 unspecified atom stereocenters. The summed E-state index contributed by atoms with van der Waals surface area (Å²) in [7, 11) is 1.35. The first-order chi connectivity index (χ1) is 16.1. The molecule has 0 bridgehead atoms. The number of anilines is 4. The van der Waals surface area contributed by atoms with E-state index in [-0.39, 0.29) is 0 Å². The molecule has 1 aliphatic heterocycles. The number of hydrogen-bond acceptors (Lipinski definition) is 10. The van der Waals surface area contributed by atoms with Gasteiger partial charge in [-0.15, -0.1) is 11.3 Å². The van der Waals surface area contributed by atoms with Gasteiger partial charge in [-0.05, 0) is 51.6 Å². The predicted molar refractivity (Wildman–Crippen MR) is 131 cm³/mol. The summed E-state index contributed by atoms with van der Waals surface area (Å²) in [4.78, 5) is 23.1. The van der Waals surface area contributed by atoms with Crippen molar-refractivity contribution < 1.29 is 19.0 Å². The molecule has 2 aromatic heterocycles. The van der Waals surface area contributed by atoms with Crippen LogP contribution in [0.1, 0.15) is 10.4 Å². The number of halogens is 1. The van der Waals surface area contributed by atoms with Crippen molar-refractivity contribution in [3.05, 3.63) is 51.9 Å². The second-order valence-electron chi connectivity index (χ2n) is 7.12. The summed E-state index contributed by atoms with van der Waals surface area (Å²) < 4.78 is 16.7. The van der Waals surface area contributed by atoms with Gasteiger partial charge in [-0.3, -0.25) is 4.90 Å². The minimum absolute atomic E-state index is 0.408. The average molecular weight is 534 g/mol. The van der Waals surface area contributed by atoms with Gasteiger partial charge in [0.15, 0.2) is 5.82 Å². The third-order valence-electron chi connectivity index (χ3n) is 4.94. The van der Waals surface area contributed by atoms with Crippen LogP contribution in [-0.2, 0) is 9.47 Å². The summed E-state index contributed by atoms with van der Waals surface area (Å²) in [6.45, 7) is 4.99. The van der Waals surface area contributed by atoms with Crippen LogP contribution in [0.2, 0.25) is 0 Å². The number of nitrogens with one attached hydrogen (secondary N) is 2. The zero-order chi connectivity index (χ0) is 23.0. The standard InChI is InChI=1S/C22H24BrN5O4S/c1-30-21(29)17-6-13-33-20(17)26-19-18(23)14-24-22(27-19)25-15-2-4-16(5-3-15)32-12-9-28-7-10-31-11-8-28/h2-6,13-14H,7-12H2,1H3,(H2,24,25,26,27). The highest BCUT2D eigenvalue weighted by atomic mass is 79.9. The molecule has 0 radical (unpaired) electrons. The van der Waals surface area contributed by atoms with E-state index in [0.717, 1.165) is 44.3 Å². The molecule has 1 saturated heterocycles. The molecule has 11 heteroatoms. The third kappa shape index (κ3) is 6.41. The smallest absolute Gasteiger partial charge is 0.340 e. The maximum atomic E-state index is 11.9. The molecule has 33 heavy (non-hydrogen) atoms. The van der Waals surface area contributed by atoms with Crippen LogP contribution in [0.15, 0.2) is 46.4 Å². The van der Waals surface area contributed by atoms with Crippen LogP contribution >= 0.6 is 27.3 Å². The number of carbonyl (C=O) groups is 1. The fraction of sp³-hybridized carbons (Fsp3) is 0.318. The Hall–Kier alpha value is -2.73. The number of ether oxygens (including phenoxy) is 3. The number of methoxy groups -OCH3 is 1. The summed E-state index contributed by atoms with van der Waals surface area (Å²) in [5.41, 5.74) is 1.28. The molecule has 1 fully saturated rings. The van der Waals surface area contributed by atoms with E-state index in [1.54, 1.807) is 12.3 Å². The molecule has 4 rings (SSSR count). The summed E-state index contributed by atoms with van der Waals surface area (Å²) in [6.07, 6.45) is 1.65. The first kappa shape index (κ1) is 23.4. The maximum absolute atomic E-state index is 11.9. The van der Waals surface area contributed by atoms with Gasteiger partial charge >= 0.3 is 5.97 Å². The summed E-state index contributed by atoms with van der Waals surface area (Å²) in [6, 6.07) is 9.36. The van der Waals surface area contributed by atoms with Crippen LogP contribution in [0.5, 0.6) is 5.75 Å². The molecule has 0 amide bonds. The SMILES string of the molecule is COC(=O)c1ccsc1Nc1nc(Nc2ccc(OCCN3CCOCC3)cc2)ncc1Br. The van der Waals surface area contributed by atoms with Crippen LogP contribution in [0.4, 0.5) is 22.5 Å². The minimum atomic E-state index is -0.408. The molecule has 174 valence electrons. The summed E-state index contributed by atoms with van der Waals surface area (Å²) in [5, 5.41) is 8.81. The monoisotopic (exact) mass is 533 g/mol. The lowest BCUT2D eigenvalue weighted by Gasteiger charge is -2.26. The summed E-state index contributed by atoms with van der Waals surface area (Å²) in [5.74, 6) is 1.34. The van der Waals surface area contributed by atoms with E-state index < -0.39 is 5.97 Å². The summed E-state index contributed by atoms with van der Waals surface area (Å²) >= 11 is 4.84. The molecule has 1 aromatic carbocycles. The number of benzene rings is 1. The van der Waals surface area contributed by atoms with Crippen molar-refractivity contribution in [1.29, 1.82) is 0 Å². The predicted octanol–water partition coefficient (Wildman–Crippen LogP) is 4.29. The van der Waals surface area contributed by atoms with Gasteiger partial charge in [-0.1, -0.05) is 0 Å². The van der Waals surface area contributed by atoms with Gasteiger partial charge in [0.25, 0.3) is 0 Å². The third-order valence-corrected chi connectivity index (χ3v) is 6.35. The van der Waals surface area contributed by atoms with Crippen LogP contribution in [0.25, 0.3) is 0 Å². The Bertz CT molecular complexity index is 1070. The Morgan fingerprint density at radius 3 is 2.76 bits per heavy atom. The Morgan fingerprint density at radius 2 is 2.00 bits per heavy atom. The fourth-order valence-electron chi connectivity index (χ4n) is 3.18. The minimum Gasteiger partial charge on any atom is -0.492 e. The first-order valence-corrected chi connectivity index (χ1v) is 12.0. The fourth-order valence-corrected chi connectivity index (χ4v) is 4.24. The Labute approximate surface area is 204 Å². The molecule has 0 atom stereocenters. The van der Waals surface area contributed by atoms with Crippen LogP contribution < -0.4 is 15.4 Å².